The number of amides is 1. The van der Waals surface area contributed by atoms with Crippen LogP contribution in [0.15, 0.2) is 29.6 Å². The van der Waals surface area contributed by atoms with E-state index in [1.165, 1.54) is 11.3 Å². The lowest BCUT2D eigenvalue weighted by atomic mass is 10.1. The zero-order chi connectivity index (χ0) is 16.3. The first-order valence-electron chi connectivity index (χ1n) is 6.66. The van der Waals surface area contributed by atoms with Crippen molar-refractivity contribution in [3.05, 3.63) is 40.9 Å². The molecule has 0 aliphatic carbocycles. The van der Waals surface area contributed by atoms with Crippen LogP contribution < -0.4 is 5.73 Å². The van der Waals surface area contributed by atoms with E-state index in [9.17, 15) is 9.59 Å². The average Bonchev–Trinajstić information content (AvgIpc) is 2.94. The number of carboxylic acid groups (broad SMARTS) is 1. The van der Waals surface area contributed by atoms with Gasteiger partial charge in [-0.05, 0) is 26.1 Å². The summed E-state index contributed by atoms with van der Waals surface area (Å²) >= 11 is 1.48. The lowest BCUT2D eigenvalue weighted by Crippen LogP contribution is -2.35. The SMILES string of the molecule is CC(C(=O)O)N(C)Cc1csc(-c2ccc(C(N)=O)cc2)n1. The number of hydrogen-bond acceptors (Lipinski definition) is 5. The smallest absolute Gasteiger partial charge is 0.320 e. The Morgan fingerprint density at radius 3 is 2.55 bits per heavy atom. The maximum atomic E-state index is 11.0. The maximum absolute atomic E-state index is 11.0. The minimum Gasteiger partial charge on any atom is -0.480 e. The minimum absolute atomic E-state index is 0.454. The third-order valence-corrected chi connectivity index (χ3v) is 4.34. The molecule has 2 rings (SSSR count). The average molecular weight is 319 g/mol. The van der Waals surface area contributed by atoms with Gasteiger partial charge >= 0.3 is 5.97 Å². The van der Waals surface area contributed by atoms with Crippen LogP contribution in [-0.2, 0) is 11.3 Å². The summed E-state index contributed by atoms with van der Waals surface area (Å²) in [6, 6.07) is 6.35. The standard InChI is InChI=1S/C15H17N3O3S/c1-9(15(20)21)18(2)7-12-8-22-14(17-12)11-5-3-10(4-6-11)13(16)19/h3-6,8-9H,7H2,1-2H3,(H2,16,19)(H,20,21). The number of aromatic nitrogens is 1. The molecule has 1 amide bonds. The highest BCUT2D eigenvalue weighted by molar-refractivity contribution is 7.13. The van der Waals surface area contributed by atoms with Crippen LogP contribution in [0.4, 0.5) is 0 Å². The van der Waals surface area contributed by atoms with Gasteiger partial charge in [-0.1, -0.05) is 12.1 Å². The van der Waals surface area contributed by atoms with Gasteiger partial charge in [0.25, 0.3) is 0 Å². The van der Waals surface area contributed by atoms with Gasteiger partial charge in [0.2, 0.25) is 5.91 Å². The fraction of sp³-hybridized carbons (Fsp3) is 0.267. The predicted octanol–water partition coefficient (Wildman–Crippen LogP) is 1.81. The van der Waals surface area contributed by atoms with Crippen LogP contribution in [-0.4, -0.2) is 40.0 Å². The third-order valence-electron chi connectivity index (χ3n) is 3.40. The van der Waals surface area contributed by atoms with Gasteiger partial charge in [0.05, 0.1) is 5.69 Å². The van der Waals surface area contributed by atoms with Gasteiger partial charge in [-0.25, -0.2) is 4.98 Å². The molecule has 6 nitrogen and oxygen atoms in total. The summed E-state index contributed by atoms with van der Waals surface area (Å²) in [4.78, 5) is 28.2. The highest BCUT2D eigenvalue weighted by Crippen LogP contribution is 2.24. The Balaban J connectivity index is 2.11. The zero-order valence-electron chi connectivity index (χ0n) is 12.3. The molecule has 3 N–H and O–H groups in total. The Hall–Kier alpha value is -2.25. The normalized spacial score (nSPS) is 12.3. The van der Waals surface area contributed by atoms with Crippen LogP contribution in [0.1, 0.15) is 23.0 Å². The molecule has 0 saturated carbocycles. The lowest BCUT2D eigenvalue weighted by Gasteiger charge is -2.19. The molecular weight excluding hydrogens is 302 g/mol. The van der Waals surface area contributed by atoms with E-state index in [1.807, 2.05) is 5.38 Å². The number of thiazole rings is 1. The summed E-state index contributed by atoms with van der Waals surface area (Å²) in [5.74, 6) is -1.32. The van der Waals surface area contributed by atoms with Gasteiger partial charge in [-0.3, -0.25) is 14.5 Å². The van der Waals surface area contributed by atoms with Gasteiger partial charge < -0.3 is 10.8 Å². The molecule has 1 aromatic heterocycles. The minimum atomic E-state index is -0.861. The monoisotopic (exact) mass is 319 g/mol. The molecule has 22 heavy (non-hydrogen) atoms. The molecule has 2 aromatic rings. The summed E-state index contributed by atoms with van der Waals surface area (Å²) in [6.07, 6.45) is 0. The number of aliphatic carboxylic acids is 1. The zero-order valence-corrected chi connectivity index (χ0v) is 13.1. The number of carboxylic acids is 1. The van der Waals surface area contributed by atoms with Crippen molar-refractivity contribution in [2.75, 3.05) is 7.05 Å². The highest BCUT2D eigenvalue weighted by atomic mass is 32.1. The van der Waals surface area contributed by atoms with E-state index in [4.69, 9.17) is 10.8 Å². The van der Waals surface area contributed by atoms with Crippen LogP contribution in [0.25, 0.3) is 10.6 Å². The number of rotatable bonds is 6. The van der Waals surface area contributed by atoms with Crippen LogP contribution in [0.5, 0.6) is 0 Å². The summed E-state index contributed by atoms with van der Waals surface area (Å²) in [6.45, 7) is 2.10. The molecule has 7 heteroatoms. The Kier molecular flexibility index (Phi) is 4.89. The van der Waals surface area contributed by atoms with E-state index in [-0.39, 0.29) is 0 Å². The number of benzene rings is 1. The van der Waals surface area contributed by atoms with Crippen molar-refractivity contribution in [3.63, 3.8) is 0 Å². The number of carbonyl (C=O) groups is 2. The van der Waals surface area contributed by atoms with Gasteiger partial charge in [-0.15, -0.1) is 11.3 Å². The molecule has 0 radical (unpaired) electrons. The second-order valence-electron chi connectivity index (χ2n) is 5.01. The van der Waals surface area contributed by atoms with Gasteiger partial charge in [0.15, 0.2) is 0 Å². The number of carbonyl (C=O) groups excluding carboxylic acids is 1. The van der Waals surface area contributed by atoms with E-state index in [0.717, 1.165) is 16.3 Å². The Bertz CT molecular complexity index is 682. The summed E-state index contributed by atoms with van der Waals surface area (Å²) < 4.78 is 0. The van der Waals surface area contributed by atoms with Crippen molar-refractivity contribution in [2.45, 2.75) is 19.5 Å². The number of primary amides is 1. The first kappa shape index (κ1) is 16.1. The molecule has 0 spiro atoms. The van der Waals surface area contributed by atoms with Crippen molar-refractivity contribution in [2.24, 2.45) is 5.73 Å². The highest BCUT2D eigenvalue weighted by Gasteiger charge is 2.18. The van der Waals surface area contributed by atoms with Gasteiger partial charge in [0.1, 0.15) is 11.0 Å². The molecule has 0 aliphatic rings. The second-order valence-corrected chi connectivity index (χ2v) is 5.87. The number of hydrogen-bond donors (Lipinski definition) is 2. The van der Waals surface area contributed by atoms with Gasteiger partial charge in [0, 0.05) is 23.1 Å². The lowest BCUT2D eigenvalue weighted by molar-refractivity contribution is -0.142. The number of likely N-dealkylation sites (N-methyl/N-ethyl adjacent to an activating group) is 1. The molecule has 1 heterocycles. The van der Waals surface area contributed by atoms with Gasteiger partial charge in [-0.2, -0.15) is 0 Å². The Morgan fingerprint density at radius 2 is 2.00 bits per heavy atom. The van der Waals surface area contributed by atoms with Crippen LogP contribution in [0.2, 0.25) is 0 Å². The van der Waals surface area contributed by atoms with E-state index in [1.54, 1.807) is 43.1 Å². The predicted molar refractivity (Wildman–Crippen MR) is 84.6 cm³/mol. The molecule has 116 valence electrons. The largest absolute Gasteiger partial charge is 0.480 e. The molecule has 0 aliphatic heterocycles. The van der Waals surface area contributed by atoms with Crippen LogP contribution >= 0.6 is 11.3 Å². The molecule has 0 bridgehead atoms. The van der Waals surface area contributed by atoms with Crippen molar-refractivity contribution in [1.82, 2.24) is 9.88 Å². The van der Waals surface area contributed by atoms with Crippen molar-refractivity contribution in [1.29, 1.82) is 0 Å². The molecular formula is C15H17N3O3S. The van der Waals surface area contributed by atoms with Crippen molar-refractivity contribution >= 4 is 23.2 Å². The molecule has 1 aromatic carbocycles. The van der Waals surface area contributed by atoms with Crippen LogP contribution in [0.3, 0.4) is 0 Å². The first-order valence-corrected chi connectivity index (χ1v) is 7.54. The van der Waals surface area contributed by atoms with Crippen molar-refractivity contribution < 1.29 is 14.7 Å². The topological polar surface area (TPSA) is 96.5 Å². The summed E-state index contributed by atoms with van der Waals surface area (Å²) in [5.41, 5.74) is 7.38. The van der Waals surface area contributed by atoms with E-state index in [2.05, 4.69) is 4.98 Å². The van der Waals surface area contributed by atoms with E-state index in [0.29, 0.717) is 12.1 Å². The fourth-order valence-electron chi connectivity index (χ4n) is 1.87. The Morgan fingerprint density at radius 1 is 1.36 bits per heavy atom. The van der Waals surface area contributed by atoms with Crippen molar-refractivity contribution in [3.8, 4) is 10.6 Å². The van der Waals surface area contributed by atoms with E-state index >= 15 is 0 Å². The number of nitrogens with two attached hydrogens (primary N) is 1. The first-order chi connectivity index (χ1) is 10.4. The summed E-state index contributed by atoms with van der Waals surface area (Å²) in [7, 11) is 1.75. The number of nitrogens with zero attached hydrogens (tertiary/aromatic N) is 2. The molecule has 1 atom stereocenters. The molecule has 0 saturated heterocycles. The second kappa shape index (κ2) is 6.67. The summed E-state index contributed by atoms with van der Waals surface area (Å²) in [5, 5.41) is 11.7. The third kappa shape index (κ3) is 3.69. The fourth-order valence-corrected chi connectivity index (χ4v) is 2.69. The van der Waals surface area contributed by atoms with E-state index < -0.39 is 17.9 Å². The molecule has 0 fully saturated rings. The Labute approximate surface area is 132 Å². The maximum Gasteiger partial charge on any atom is 0.320 e. The quantitative estimate of drug-likeness (QED) is 0.846. The molecule has 1 unspecified atom stereocenters. The van der Waals surface area contributed by atoms with Crippen LogP contribution in [0, 0.1) is 0 Å².